The van der Waals surface area contributed by atoms with Crippen molar-refractivity contribution in [3.05, 3.63) is 46.2 Å². The highest BCUT2D eigenvalue weighted by molar-refractivity contribution is 6.31. The molecule has 1 aromatic carbocycles. The highest BCUT2D eigenvalue weighted by atomic mass is 35.5. The van der Waals surface area contributed by atoms with Gasteiger partial charge in [-0.2, -0.15) is 4.98 Å². The lowest BCUT2D eigenvalue weighted by Gasteiger charge is -2.32. The van der Waals surface area contributed by atoms with Gasteiger partial charge in [0.2, 0.25) is 5.95 Å². The number of benzene rings is 1. The summed E-state index contributed by atoms with van der Waals surface area (Å²) in [4.78, 5) is 14.6. The number of aliphatic hydroxyl groups excluding tert-OH is 1. The zero-order valence-corrected chi connectivity index (χ0v) is 15.0. The van der Waals surface area contributed by atoms with Crippen LogP contribution in [0.2, 0.25) is 5.02 Å². The molecule has 7 heteroatoms. The van der Waals surface area contributed by atoms with Crippen molar-refractivity contribution in [1.29, 1.82) is 0 Å². The zero-order valence-electron chi connectivity index (χ0n) is 14.2. The number of aromatic amines is 1. The van der Waals surface area contributed by atoms with E-state index in [4.69, 9.17) is 17.3 Å². The fourth-order valence-corrected chi connectivity index (χ4v) is 4.23. The van der Waals surface area contributed by atoms with E-state index in [1.165, 1.54) is 16.6 Å². The van der Waals surface area contributed by atoms with Gasteiger partial charge < -0.3 is 20.7 Å². The number of rotatable bonds is 2. The van der Waals surface area contributed by atoms with Gasteiger partial charge in [0.1, 0.15) is 5.82 Å². The van der Waals surface area contributed by atoms with Gasteiger partial charge in [-0.1, -0.05) is 11.6 Å². The minimum absolute atomic E-state index is 0.215. The summed E-state index contributed by atoms with van der Waals surface area (Å²) in [6.45, 7) is 1.63. The number of aromatic nitrogens is 3. The lowest BCUT2D eigenvalue weighted by Crippen LogP contribution is -2.32. The molecule has 0 radical (unpaired) electrons. The topological polar surface area (TPSA) is 91.1 Å². The van der Waals surface area contributed by atoms with Crippen LogP contribution in [0.4, 0.5) is 11.8 Å². The molecule has 0 bridgehead atoms. The van der Waals surface area contributed by atoms with Crippen molar-refractivity contribution in [1.82, 2.24) is 15.0 Å². The summed E-state index contributed by atoms with van der Waals surface area (Å²) in [5.41, 5.74) is 10.6. The molecule has 0 spiro atoms. The van der Waals surface area contributed by atoms with Crippen molar-refractivity contribution in [3.63, 3.8) is 0 Å². The average Bonchev–Trinajstić information content (AvgIpc) is 2.95. The predicted molar refractivity (Wildman–Crippen MR) is 102 cm³/mol. The number of nitrogen functional groups attached to an aromatic ring is 1. The summed E-state index contributed by atoms with van der Waals surface area (Å²) >= 11 is 6.20. The van der Waals surface area contributed by atoms with Crippen LogP contribution in [0.15, 0.2) is 24.3 Å². The van der Waals surface area contributed by atoms with Crippen molar-refractivity contribution in [2.75, 3.05) is 17.2 Å². The Morgan fingerprint density at radius 3 is 2.88 bits per heavy atom. The number of hydrogen-bond acceptors (Lipinski definition) is 5. The lowest BCUT2D eigenvalue weighted by molar-refractivity contribution is 0.0732. The maximum absolute atomic E-state index is 9.58. The number of nitrogens with two attached hydrogens (primary N) is 1. The quantitative estimate of drug-likeness (QED) is 0.646. The van der Waals surface area contributed by atoms with Gasteiger partial charge in [0.15, 0.2) is 0 Å². The third-order valence-corrected chi connectivity index (χ3v) is 5.78. The number of halogens is 1. The summed E-state index contributed by atoms with van der Waals surface area (Å²) in [5.74, 6) is 1.43. The molecular weight excluding hydrogens is 350 g/mol. The molecule has 3 aromatic rings. The van der Waals surface area contributed by atoms with E-state index in [2.05, 4.69) is 19.9 Å². The molecule has 26 heavy (non-hydrogen) atoms. The number of aliphatic hydroxyl groups is 1. The molecule has 134 valence electrons. The molecule has 0 saturated heterocycles. The molecule has 2 aromatic heterocycles. The number of nitrogens with zero attached hydrogens (tertiary/aromatic N) is 3. The normalized spacial score (nSPS) is 22.3. The number of fused-ring (bicyclic) bond motifs is 3. The Morgan fingerprint density at radius 1 is 1.23 bits per heavy atom. The van der Waals surface area contributed by atoms with Crippen LogP contribution in [0.5, 0.6) is 0 Å². The molecule has 4 N–H and O–H groups in total. The highest BCUT2D eigenvalue weighted by Crippen LogP contribution is 2.38. The molecule has 5 rings (SSSR count). The monoisotopic (exact) mass is 369 g/mol. The largest absolute Gasteiger partial charge is 0.393 e. The van der Waals surface area contributed by atoms with E-state index >= 15 is 0 Å². The Hall–Kier alpha value is -2.31. The van der Waals surface area contributed by atoms with Crippen LogP contribution in [-0.4, -0.2) is 32.7 Å². The van der Waals surface area contributed by atoms with Gasteiger partial charge in [0.25, 0.3) is 0 Å². The van der Waals surface area contributed by atoms with Gasteiger partial charge >= 0.3 is 0 Å². The van der Waals surface area contributed by atoms with E-state index in [0.717, 1.165) is 54.4 Å². The van der Waals surface area contributed by atoms with Crippen LogP contribution >= 0.6 is 11.6 Å². The maximum atomic E-state index is 9.58. The number of anilines is 2. The first-order valence-corrected chi connectivity index (χ1v) is 9.31. The van der Waals surface area contributed by atoms with Crippen LogP contribution in [0, 0.1) is 0 Å². The molecule has 1 aliphatic carbocycles. The molecule has 3 heterocycles. The Kier molecular flexibility index (Phi) is 3.58. The van der Waals surface area contributed by atoms with Gasteiger partial charge in [-0.15, -0.1) is 0 Å². The summed E-state index contributed by atoms with van der Waals surface area (Å²) < 4.78 is 0. The lowest BCUT2D eigenvalue weighted by atomic mass is 9.80. The van der Waals surface area contributed by atoms with Crippen molar-refractivity contribution < 1.29 is 5.11 Å². The molecule has 0 amide bonds. The Balaban J connectivity index is 1.49. The average molecular weight is 370 g/mol. The Bertz CT molecular complexity index is 995. The van der Waals surface area contributed by atoms with E-state index in [1.54, 1.807) is 0 Å². The first kappa shape index (κ1) is 15.9. The van der Waals surface area contributed by atoms with Gasteiger partial charge in [-0.3, -0.25) is 0 Å². The maximum Gasteiger partial charge on any atom is 0.222 e. The SMILES string of the molecule is Nc1nc(C2CC(O)C2)cc(N2CCc3[nH]c4ccc(Cl)cc4c3C2)n1. The minimum Gasteiger partial charge on any atom is -0.393 e. The Labute approximate surface area is 156 Å². The van der Waals surface area contributed by atoms with Crippen molar-refractivity contribution >= 4 is 34.3 Å². The zero-order chi connectivity index (χ0) is 17.8. The van der Waals surface area contributed by atoms with Crippen molar-refractivity contribution in [2.24, 2.45) is 0 Å². The fourth-order valence-electron chi connectivity index (χ4n) is 4.05. The van der Waals surface area contributed by atoms with Gasteiger partial charge in [0.05, 0.1) is 11.8 Å². The molecule has 1 fully saturated rings. The Morgan fingerprint density at radius 2 is 2.08 bits per heavy atom. The van der Waals surface area contributed by atoms with E-state index < -0.39 is 0 Å². The highest BCUT2D eigenvalue weighted by Gasteiger charge is 2.31. The minimum atomic E-state index is -0.215. The van der Waals surface area contributed by atoms with Crippen molar-refractivity contribution in [2.45, 2.75) is 37.8 Å². The van der Waals surface area contributed by atoms with Gasteiger partial charge in [-0.25, -0.2) is 4.98 Å². The standard InChI is InChI=1S/C19H20ClN5O/c20-11-1-2-15-13(7-11)14-9-25(4-3-16(14)22-15)18-8-17(23-19(21)24-18)10-5-12(26)6-10/h1-2,7-8,10,12,22,26H,3-6,9H2,(H2,21,23,24). The van der Waals surface area contributed by atoms with E-state index in [0.29, 0.717) is 5.95 Å². The predicted octanol–water partition coefficient (Wildman–Crippen LogP) is 2.99. The molecule has 6 nitrogen and oxygen atoms in total. The molecule has 1 aliphatic heterocycles. The smallest absolute Gasteiger partial charge is 0.222 e. The van der Waals surface area contributed by atoms with Gasteiger partial charge in [0, 0.05) is 58.7 Å². The third-order valence-electron chi connectivity index (χ3n) is 5.54. The number of H-pyrrole nitrogens is 1. The fraction of sp³-hybridized carbons (Fsp3) is 0.368. The summed E-state index contributed by atoms with van der Waals surface area (Å²) in [6.07, 6.45) is 2.21. The van der Waals surface area contributed by atoms with E-state index in [-0.39, 0.29) is 12.0 Å². The number of hydrogen-bond donors (Lipinski definition) is 3. The summed E-state index contributed by atoms with van der Waals surface area (Å²) in [7, 11) is 0. The molecule has 2 aliphatic rings. The second-order valence-electron chi connectivity index (χ2n) is 7.27. The summed E-state index contributed by atoms with van der Waals surface area (Å²) in [5, 5.41) is 11.5. The van der Waals surface area contributed by atoms with E-state index in [9.17, 15) is 5.11 Å². The third kappa shape index (κ3) is 2.61. The van der Waals surface area contributed by atoms with Crippen LogP contribution < -0.4 is 10.6 Å². The first-order chi connectivity index (χ1) is 12.6. The second-order valence-corrected chi connectivity index (χ2v) is 7.71. The molecular formula is C19H20ClN5O. The number of nitrogens with one attached hydrogen (secondary N) is 1. The van der Waals surface area contributed by atoms with Crippen LogP contribution in [0.3, 0.4) is 0 Å². The van der Waals surface area contributed by atoms with Crippen LogP contribution in [-0.2, 0) is 13.0 Å². The molecule has 0 unspecified atom stereocenters. The van der Waals surface area contributed by atoms with Gasteiger partial charge in [-0.05, 0) is 31.0 Å². The molecule has 0 atom stereocenters. The van der Waals surface area contributed by atoms with E-state index in [1.807, 2.05) is 24.3 Å². The van der Waals surface area contributed by atoms with Crippen molar-refractivity contribution in [3.8, 4) is 0 Å². The molecule has 1 saturated carbocycles. The second kappa shape index (κ2) is 5.86. The van der Waals surface area contributed by atoms with Crippen LogP contribution in [0.25, 0.3) is 10.9 Å². The summed E-state index contributed by atoms with van der Waals surface area (Å²) in [6, 6.07) is 7.99. The van der Waals surface area contributed by atoms with Crippen LogP contribution in [0.1, 0.15) is 35.7 Å². The first-order valence-electron chi connectivity index (χ1n) is 8.93.